The second kappa shape index (κ2) is 7.57. The quantitative estimate of drug-likeness (QED) is 0.516. The number of hydrogen-bond acceptors (Lipinski definition) is 5. The Balaban J connectivity index is 3.92. The summed E-state index contributed by atoms with van der Waals surface area (Å²) in [7, 11) is 0. The zero-order valence-corrected chi connectivity index (χ0v) is 11.2. The molecule has 0 aromatic heterocycles. The lowest BCUT2D eigenvalue weighted by molar-refractivity contribution is -0.142. The van der Waals surface area contributed by atoms with Gasteiger partial charge in [0.2, 0.25) is 5.91 Å². The van der Waals surface area contributed by atoms with Crippen LogP contribution in [0.5, 0.6) is 0 Å². The number of ether oxygens (including phenoxy) is 1. The molecule has 0 aliphatic carbocycles. The molecule has 0 fully saturated rings. The van der Waals surface area contributed by atoms with Gasteiger partial charge in [0.25, 0.3) is 0 Å². The first kappa shape index (κ1) is 17.2. The van der Waals surface area contributed by atoms with Crippen molar-refractivity contribution in [3.63, 3.8) is 0 Å². The molecule has 0 aromatic carbocycles. The molecule has 2 amide bonds. The van der Waals surface area contributed by atoms with Crippen LogP contribution in [0.3, 0.4) is 0 Å². The lowest BCUT2D eigenvalue weighted by atomic mass is 10.2. The lowest BCUT2D eigenvalue weighted by Crippen LogP contribution is -2.44. The van der Waals surface area contributed by atoms with Gasteiger partial charge < -0.3 is 25.6 Å². The number of aliphatic hydroxyl groups excluding tert-OH is 1. The first-order valence-electron chi connectivity index (χ1n) is 5.75. The maximum absolute atomic E-state index is 11.3. The third kappa shape index (κ3) is 8.83. The van der Waals surface area contributed by atoms with Gasteiger partial charge in [-0.3, -0.25) is 4.79 Å². The van der Waals surface area contributed by atoms with Crippen molar-refractivity contribution in [3.8, 4) is 0 Å². The molecule has 0 rings (SSSR count). The van der Waals surface area contributed by atoms with Gasteiger partial charge in [0.15, 0.2) is 0 Å². The van der Waals surface area contributed by atoms with Crippen molar-refractivity contribution >= 4 is 18.0 Å². The Kier molecular flexibility index (Phi) is 6.84. The second-order valence-electron chi connectivity index (χ2n) is 4.82. The maximum atomic E-state index is 11.3. The summed E-state index contributed by atoms with van der Waals surface area (Å²) in [6, 6.07) is -1.34. The Morgan fingerprint density at radius 3 is 2.26 bits per heavy atom. The molecular weight excluding hydrogens is 256 g/mol. The van der Waals surface area contributed by atoms with E-state index in [1.165, 1.54) is 0 Å². The van der Waals surface area contributed by atoms with Gasteiger partial charge in [-0.1, -0.05) is 0 Å². The van der Waals surface area contributed by atoms with Gasteiger partial charge in [0.05, 0.1) is 6.61 Å². The highest BCUT2D eigenvalue weighted by molar-refractivity contribution is 5.83. The van der Waals surface area contributed by atoms with E-state index in [9.17, 15) is 14.4 Å². The highest BCUT2D eigenvalue weighted by Crippen LogP contribution is 2.06. The number of nitrogens with one attached hydrogen (secondary N) is 2. The molecule has 0 saturated carbocycles. The number of amides is 2. The second-order valence-corrected chi connectivity index (χ2v) is 4.82. The van der Waals surface area contributed by atoms with Crippen LogP contribution in [0.15, 0.2) is 0 Å². The molecule has 0 radical (unpaired) electrons. The van der Waals surface area contributed by atoms with Gasteiger partial charge in [-0.05, 0) is 20.8 Å². The van der Waals surface area contributed by atoms with Gasteiger partial charge in [-0.15, -0.1) is 0 Å². The number of alkyl carbamates (subject to hydrolysis) is 1. The molecular formula is C11H20N2O6. The Bertz CT molecular complexity index is 337. The van der Waals surface area contributed by atoms with E-state index in [2.05, 4.69) is 10.6 Å². The molecule has 0 spiro atoms. The number of hydrogen-bond donors (Lipinski definition) is 4. The summed E-state index contributed by atoms with van der Waals surface area (Å²) < 4.78 is 4.94. The van der Waals surface area contributed by atoms with Crippen molar-refractivity contribution in [3.05, 3.63) is 0 Å². The van der Waals surface area contributed by atoms with E-state index < -0.39 is 36.2 Å². The van der Waals surface area contributed by atoms with E-state index in [1.54, 1.807) is 20.8 Å². The lowest BCUT2D eigenvalue weighted by Gasteiger charge is -2.19. The highest BCUT2D eigenvalue weighted by atomic mass is 16.6. The Morgan fingerprint density at radius 1 is 1.26 bits per heavy atom. The number of carbonyl (C=O) groups is 3. The van der Waals surface area contributed by atoms with E-state index in [0.717, 1.165) is 0 Å². The fraction of sp³-hybridized carbons (Fsp3) is 0.727. The van der Waals surface area contributed by atoms with Crippen LogP contribution in [0.1, 0.15) is 27.2 Å². The van der Waals surface area contributed by atoms with Crippen molar-refractivity contribution in [1.82, 2.24) is 10.6 Å². The van der Waals surface area contributed by atoms with Gasteiger partial charge in [0.1, 0.15) is 11.6 Å². The van der Waals surface area contributed by atoms with E-state index in [-0.39, 0.29) is 13.0 Å². The van der Waals surface area contributed by atoms with Crippen molar-refractivity contribution in [2.24, 2.45) is 0 Å². The minimum absolute atomic E-state index is 0.0124. The van der Waals surface area contributed by atoms with E-state index in [0.29, 0.717) is 0 Å². The standard InChI is InChI=1S/C11H20N2O6/c1-11(2,3)19-10(18)12-5-4-8(15)13-7(6-14)9(16)17/h7,14H,4-6H2,1-3H3,(H,12,18)(H,13,15)(H,16,17). The topological polar surface area (TPSA) is 125 Å². The third-order valence-corrected chi connectivity index (χ3v) is 1.84. The molecule has 0 heterocycles. The summed E-state index contributed by atoms with van der Waals surface area (Å²) in [5.74, 6) is -1.91. The summed E-state index contributed by atoms with van der Waals surface area (Å²) in [5, 5.41) is 21.8. The smallest absolute Gasteiger partial charge is 0.407 e. The summed E-state index contributed by atoms with van der Waals surface area (Å²) in [4.78, 5) is 33.1. The largest absolute Gasteiger partial charge is 0.480 e. The Morgan fingerprint density at radius 2 is 1.84 bits per heavy atom. The van der Waals surface area contributed by atoms with Gasteiger partial charge in [-0.25, -0.2) is 9.59 Å². The van der Waals surface area contributed by atoms with Crippen LogP contribution in [-0.4, -0.2) is 53.0 Å². The van der Waals surface area contributed by atoms with E-state index in [1.807, 2.05) is 0 Å². The van der Waals surface area contributed by atoms with E-state index in [4.69, 9.17) is 14.9 Å². The summed E-state index contributed by atoms with van der Waals surface area (Å²) in [6.07, 6.45) is -0.763. The predicted octanol–water partition coefficient (Wildman–Crippen LogP) is -0.537. The summed E-state index contributed by atoms with van der Waals surface area (Å²) in [6.45, 7) is 4.44. The van der Waals surface area contributed by atoms with Gasteiger partial charge >= 0.3 is 12.1 Å². The third-order valence-electron chi connectivity index (χ3n) is 1.84. The predicted molar refractivity (Wildman–Crippen MR) is 65.5 cm³/mol. The number of aliphatic hydroxyl groups is 1. The zero-order chi connectivity index (χ0) is 15.1. The Hall–Kier alpha value is -1.83. The molecule has 110 valence electrons. The minimum atomic E-state index is -1.34. The number of rotatable bonds is 6. The van der Waals surface area contributed by atoms with Crippen LogP contribution < -0.4 is 10.6 Å². The van der Waals surface area contributed by atoms with Crippen molar-refractivity contribution < 1.29 is 29.3 Å². The highest BCUT2D eigenvalue weighted by Gasteiger charge is 2.19. The average molecular weight is 276 g/mol. The molecule has 0 saturated heterocycles. The summed E-state index contributed by atoms with van der Waals surface area (Å²) >= 11 is 0. The normalized spacial score (nSPS) is 12.4. The van der Waals surface area contributed by atoms with Gasteiger partial charge in [0, 0.05) is 13.0 Å². The number of aliphatic carboxylic acids is 1. The van der Waals surface area contributed by atoms with E-state index >= 15 is 0 Å². The first-order valence-corrected chi connectivity index (χ1v) is 5.75. The average Bonchev–Trinajstić information content (AvgIpc) is 2.22. The van der Waals surface area contributed by atoms with Crippen molar-refractivity contribution in [2.75, 3.05) is 13.2 Å². The van der Waals surface area contributed by atoms with Crippen LogP contribution in [0.2, 0.25) is 0 Å². The van der Waals surface area contributed by atoms with Crippen LogP contribution in [-0.2, 0) is 14.3 Å². The SMILES string of the molecule is CC(C)(C)OC(=O)NCCC(=O)NC(CO)C(=O)O. The molecule has 0 aliphatic rings. The fourth-order valence-corrected chi connectivity index (χ4v) is 1.04. The molecule has 1 unspecified atom stereocenters. The molecule has 0 bridgehead atoms. The number of carboxylic acid groups (broad SMARTS) is 1. The van der Waals surface area contributed by atoms with Gasteiger partial charge in [-0.2, -0.15) is 0 Å². The van der Waals surface area contributed by atoms with Crippen LogP contribution in [0, 0.1) is 0 Å². The van der Waals surface area contributed by atoms with Crippen LogP contribution >= 0.6 is 0 Å². The zero-order valence-electron chi connectivity index (χ0n) is 11.2. The number of carbonyl (C=O) groups excluding carboxylic acids is 2. The molecule has 4 N–H and O–H groups in total. The molecule has 0 aliphatic heterocycles. The molecule has 8 heteroatoms. The molecule has 19 heavy (non-hydrogen) atoms. The Labute approximate surface area is 111 Å². The van der Waals surface area contributed by atoms with Crippen LogP contribution in [0.25, 0.3) is 0 Å². The van der Waals surface area contributed by atoms with Crippen LogP contribution in [0.4, 0.5) is 4.79 Å². The fourth-order valence-electron chi connectivity index (χ4n) is 1.04. The molecule has 0 aromatic rings. The summed E-state index contributed by atoms with van der Waals surface area (Å²) in [5.41, 5.74) is -0.627. The first-order chi connectivity index (χ1) is 8.65. The maximum Gasteiger partial charge on any atom is 0.407 e. The monoisotopic (exact) mass is 276 g/mol. The molecule has 8 nitrogen and oxygen atoms in total. The molecule has 1 atom stereocenters. The minimum Gasteiger partial charge on any atom is -0.480 e. The van der Waals surface area contributed by atoms with Crippen molar-refractivity contribution in [2.45, 2.75) is 38.8 Å². The van der Waals surface area contributed by atoms with Crippen molar-refractivity contribution in [1.29, 1.82) is 0 Å². The number of carboxylic acids is 1.